The van der Waals surface area contributed by atoms with Crippen LogP contribution in [-0.2, 0) is 0 Å². The second-order valence-electron chi connectivity index (χ2n) is 5.45. The molecule has 108 valence electrons. The molecule has 2 rings (SSSR count). The molecule has 1 fully saturated rings. The number of hydrogen-bond acceptors (Lipinski definition) is 1. The summed E-state index contributed by atoms with van der Waals surface area (Å²) in [5.74, 6) is 7.82. The average molecular weight is 291 g/mol. The average Bonchev–Trinajstić information content (AvgIpc) is 2.70. The van der Waals surface area contributed by atoms with E-state index in [-0.39, 0.29) is 0 Å². The minimum atomic E-state index is 0.394. The van der Waals surface area contributed by atoms with Crippen molar-refractivity contribution >= 4 is 11.6 Å². The maximum Gasteiger partial charge on any atom is 0.120 e. The lowest BCUT2D eigenvalue weighted by atomic mass is 10.1. The number of benzene rings is 1. The van der Waals surface area contributed by atoms with Gasteiger partial charge >= 0.3 is 0 Å². The SMILES string of the molecule is Cc1cc(OC2CCCCCC2)ccc1C#CCCCl. The zero-order valence-corrected chi connectivity index (χ0v) is 13.0. The fourth-order valence-electron chi connectivity index (χ4n) is 2.61. The Morgan fingerprint density at radius 3 is 2.60 bits per heavy atom. The lowest BCUT2D eigenvalue weighted by Gasteiger charge is -2.17. The molecule has 0 atom stereocenters. The van der Waals surface area contributed by atoms with Crippen LogP contribution >= 0.6 is 11.6 Å². The predicted molar refractivity (Wildman–Crippen MR) is 85.5 cm³/mol. The Kier molecular flexibility index (Phi) is 6.27. The van der Waals surface area contributed by atoms with E-state index in [9.17, 15) is 0 Å². The number of alkyl halides is 1. The van der Waals surface area contributed by atoms with Gasteiger partial charge in [0.05, 0.1) is 6.10 Å². The number of rotatable bonds is 3. The Morgan fingerprint density at radius 2 is 1.95 bits per heavy atom. The number of hydrogen-bond donors (Lipinski definition) is 0. The van der Waals surface area contributed by atoms with Crippen molar-refractivity contribution in [2.24, 2.45) is 0 Å². The highest BCUT2D eigenvalue weighted by Crippen LogP contribution is 2.24. The normalized spacial score (nSPS) is 16.1. The smallest absolute Gasteiger partial charge is 0.120 e. The number of ether oxygens (including phenoxy) is 1. The molecule has 1 aliphatic rings. The van der Waals surface area contributed by atoms with E-state index >= 15 is 0 Å². The molecule has 0 spiro atoms. The molecule has 0 bridgehead atoms. The van der Waals surface area contributed by atoms with E-state index in [0.717, 1.165) is 17.7 Å². The van der Waals surface area contributed by atoms with Crippen LogP contribution < -0.4 is 4.74 Å². The van der Waals surface area contributed by atoms with E-state index < -0.39 is 0 Å². The van der Waals surface area contributed by atoms with Gasteiger partial charge in [-0.2, -0.15) is 0 Å². The van der Waals surface area contributed by atoms with Crippen LogP contribution in [0, 0.1) is 18.8 Å². The molecular formula is C18H23ClO. The van der Waals surface area contributed by atoms with E-state index in [1.807, 2.05) is 6.07 Å². The summed E-state index contributed by atoms with van der Waals surface area (Å²) in [4.78, 5) is 0. The van der Waals surface area contributed by atoms with Crippen molar-refractivity contribution in [2.45, 2.75) is 58.0 Å². The first-order valence-corrected chi connectivity index (χ1v) is 8.15. The zero-order valence-electron chi connectivity index (χ0n) is 12.3. The molecule has 0 aliphatic heterocycles. The highest BCUT2D eigenvalue weighted by atomic mass is 35.5. The third kappa shape index (κ3) is 4.76. The van der Waals surface area contributed by atoms with E-state index in [1.54, 1.807) is 0 Å². The molecule has 0 saturated heterocycles. The third-order valence-electron chi connectivity index (χ3n) is 3.75. The molecule has 0 unspecified atom stereocenters. The summed E-state index contributed by atoms with van der Waals surface area (Å²) in [6.07, 6.45) is 8.82. The third-order valence-corrected chi connectivity index (χ3v) is 3.93. The van der Waals surface area contributed by atoms with Crippen molar-refractivity contribution in [3.63, 3.8) is 0 Å². The van der Waals surface area contributed by atoms with Crippen molar-refractivity contribution in [1.82, 2.24) is 0 Å². The standard InChI is InChI=1S/C18H23ClO/c1-15-14-18(12-11-16(15)8-6-7-13-19)20-17-9-4-2-3-5-10-17/h11-12,14,17H,2-5,7,9-10,13H2,1H3. The Labute approximate surface area is 127 Å². The summed E-state index contributed by atoms with van der Waals surface area (Å²) in [6, 6.07) is 6.21. The second kappa shape index (κ2) is 8.22. The summed E-state index contributed by atoms with van der Waals surface area (Å²) >= 11 is 5.63. The first-order valence-electron chi connectivity index (χ1n) is 7.62. The minimum Gasteiger partial charge on any atom is -0.490 e. The van der Waals surface area contributed by atoms with Gasteiger partial charge in [0, 0.05) is 17.9 Å². The molecule has 1 aromatic rings. The molecule has 0 amide bonds. The molecular weight excluding hydrogens is 268 g/mol. The van der Waals surface area contributed by atoms with Crippen LogP contribution in [0.25, 0.3) is 0 Å². The van der Waals surface area contributed by atoms with Crippen LogP contribution in [-0.4, -0.2) is 12.0 Å². The van der Waals surface area contributed by atoms with E-state index in [2.05, 4.69) is 30.9 Å². The molecule has 0 heterocycles. The van der Waals surface area contributed by atoms with Gasteiger partial charge in [-0.15, -0.1) is 11.6 Å². The maximum absolute atomic E-state index is 6.13. The predicted octanol–water partition coefficient (Wildman–Crippen LogP) is 5.08. The molecule has 0 radical (unpaired) electrons. The monoisotopic (exact) mass is 290 g/mol. The van der Waals surface area contributed by atoms with Gasteiger partial charge in [0.25, 0.3) is 0 Å². The maximum atomic E-state index is 6.13. The first kappa shape index (κ1) is 15.3. The van der Waals surface area contributed by atoms with Crippen molar-refractivity contribution in [3.05, 3.63) is 29.3 Å². The van der Waals surface area contributed by atoms with Crippen LogP contribution in [0.5, 0.6) is 5.75 Å². The highest BCUT2D eigenvalue weighted by Gasteiger charge is 2.13. The van der Waals surface area contributed by atoms with Crippen molar-refractivity contribution < 1.29 is 4.74 Å². The van der Waals surface area contributed by atoms with E-state index in [0.29, 0.717) is 12.0 Å². The first-order chi connectivity index (χ1) is 9.79. The largest absolute Gasteiger partial charge is 0.490 e. The quantitative estimate of drug-likeness (QED) is 0.429. The summed E-state index contributed by atoms with van der Waals surface area (Å²) in [5, 5.41) is 0. The molecule has 0 aromatic heterocycles. The fraction of sp³-hybridized carbons (Fsp3) is 0.556. The molecule has 1 saturated carbocycles. The number of halogens is 1. The van der Waals surface area contributed by atoms with Gasteiger partial charge in [-0.25, -0.2) is 0 Å². The van der Waals surface area contributed by atoms with Crippen LogP contribution in [0.4, 0.5) is 0 Å². The summed E-state index contributed by atoms with van der Waals surface area (Å²) < 4.78 is 6.13. The van der Waals surface area contributed by atoms with E-state index in [1.165, 1.54) is 44.1 Å². The Bertz CT molecular complexity index is 476. The molecule has 0 N–H and O–H groups in total. The lowest BCUT2D eigenvalue weighted by molar-refractivity contribution is 0.183. The molecule has 20 heavy (non-hydrogen) atoms. The highest BCUT2D eigenvalue weighted by molar-refractivity contribution is 6.18. The van der Waals surface area contributed by atoms with Gasteiger partial charge in [0.15, 0.2) is 0 Å². The van der Waals surface area contributed by atoms with Crippen LogP contribution in [0.3, 0.4) is 0 Å². The molecule has 2 heteroatoms. The minimum absolute atomic E-state index is 0.394. The molecule has 1 aromatic carbocycles. The zero-order chi connectivity index (χ0) is 14.2. The van der Waals surface area contributed by atoms with Gasteiger partial charge < -0.3 is 4.74 Å². The lowest BCUT2D eigenvalue weighted by Crippen LogP contribution is -2.15. The molecule has 1 aliphatic carbocycles. The van der Waals surface area contributed by atoms with Gasteiger partial charge in [-0.1, -0.05) is 24.7 Å². The number of aryl methyl sites for hydroxylation is 1. The van der Waals surface area contributed by atoms with Crippen molar-refractivity contribution in [1.29, 1.82) is 0 Å². The van der Waals surface area contributed by atoms with Crippen LogP contribution in [0.2, 0.25) is 0 Å². The fourth-order valence-corrected chi connectivity index (χ4v) is 2.70. The summed E-state index contributed by atoms with van der Waals surface area (Å²) in [5.41, 5.74) is 2.25. The Balaban J connectivity index is 1.99. The van der Waals surface area contributed by atoms with Crippen LogP contribution in [0.15, 0.2) is 18.2 Å². The van der Waals surface area contributed by atoms with Crippen molar-refractivity contribution in [3.8, 4) is 17.6 Å². The van der Waals surface area contributed by atoms with Gasteiger partial charge in [0.2, 0.25) is 0 Å². The van der Waals surface area contributed by atoms with E-state index in [4.69, 9.17) is 16.3 Å². The van der Waals surface area contributed by atoms with Gasteiger partial charge in [-0.3, -0.25) is 0 Å². The molecule has 1 nitrogen and oxygen atoms in total. The van der Waals surface area contributed by atoms with Crippen molar-refractivity contribution in [2.75, 3.05) is 5.88 Å². The second-order valence-corrected chi connectivity index (χ2v) is 5.83. The van der Waals surface area contributed by atoms with Gasteiger partial charge in [-0.05, 0) is 56.4 Å². The topological polar surface area (TPSA) is 9.23 Å². The van der Waals surface area contributed by atoms with Gasteiger partial charge in [0.1, 0.15) is 5.75 Å². The summed E-state index contributed by atoms with van der Waals surface area (Å²) in [7, 11) is 0. The Hall–Kier alpha value is -1.13. The summed E-state index contributed by atoms with van der Waals surface area (Å²) in [6.45, 7) is 2.09. The van der Waals surface area contributed by atoms with Crippen LogP contribution in [0.1, 0.15) is 56.1 Å². The Morgan fingerprint density at radius 1 is 1.20 bits per heavy atom.